The third-order valence-corrected chi connectivity index (χ3v) is 13.5. The topological polar surface area (TPSA) is 35.9 Å². The average Bonchev–Trinajstić information content (AvgIpc) is 3.73. The third-order valence-electron chi connectivity index (χ3n) is 12.3. The Morgan fingerprint density at radius 3 is 2.00 bits per heavy atom. The summed E-state index contributed by atoms with van der Waals surface area (Å²) < 4.78 is 13.5. The summed E-state index contributed by atoms with van der Waals surface area (Å²) in [5.74, 6) is 2.41. The van der Waals surface area contributed by atoms with E-state index in [4.69, 9.17) is 9.72 Å². The van der Waals surface area contributed by atoms with Crippen LogP contribution in [0.2, 0.25) is 0 Å². The predicted molar refractivity (Wildman–Crippen MR) is 235 cm³/mol. The van der Waals surface area contributed by atoms with E-state index in [0.29, 0.717) is 0 Å². The van der Waals surface area contributed by atoms with E-state index in [1.807, 2.05) is 30.1 Å². The zero-order valence-corrected chi connectivity index (χ0v) is 34.7. The maximum absolute atomic E-state index is 6.90. The van der Waals surface area contributed by atoms with Crippen LogP contribution < -0.4 is 9.30 Å². The number of benzene rings is 6. The van der Waals surface area contributed by atoms with Crippen molar-refractivity contribution in [2.45, 2.75) is 67.6 Å². The fraction of sp³-hybridized carbons (Fsp3) is 0.192. The number of aryl methyl sites for hydroxylation is 1. The van der Waals surface area contributed by atoms with Gasteiger partial charge in [0, 0.05) is 32.8 Å². The van der Waals surface area contributed by atoms with E-state index >= 15 is 0 Å². The first-order valence-corrected chi connectivity index (χ1v) is 20.9. The van der Waals surface area contributed by atoms with Crippen LogP contribution >= 0.6 is 11.8 Å². The lowest BCUT2D eigenvalue weighted by atomic mass is 9.61. The van der Waals surface area contributed by atoms with E-state index in [0.717, 1.165) is 44.9 Å². The molecule has 0 unspecified atom stereocenters. The Morgan fingerprint density at radius 1 is 0.621 bits per heavy atom. The predicted octanol–water partition coefficient (Wildman–Crippen LogP) is 12.3. The molecule has 2 aliphatic heterocycles. The van der Waals surface area contributed by atoms with Crippen LogP contribution in [-0.4, -0.2) is 14.1 Å². The molecule has 9 aromatic rings. The van der Waals surface area contributed by atoms with Crippen molar-refractivity contribution in [3.63, 3.8) is 0 Å². The standard InChI is InChI=1S/C52H44N4OS/c1-50(2,3)32-18-24-46-40(27-32)52(41-28-33(51(4,5)6)19-25-47(41)58-46)38-23-21-35(30-45(38)55-31-54(7)43-16-12-14-39(52)49(43)55)57-34-20-22-37-36-13-8-9-15-42(36)56(44(37)29-34)48-17-10-11-26-53-48/h8-30H,1-7H3. The van der Waals surface area contributed by atoms with Crippen LogP contribution in [0, 0.1) is 6.33 Å². The van der Waals surface area contributed by atoms with Crippen molar-refractivity contribution in [2.24, 2.45) is 7.05 Å². The molecule has 5 heterocycles. The van der Waals surface area contributed by atoms with Gasteiger partial charge in [-0.2, -0.15) is 0 Å². The van der Waals surface area contributed by atoms with E-state index in [1.54, 1.807) is 0 Å². The minimum atomic E-state index is -0.594. The molecule has 0 N–H and O–H groups in total. The first-order valence-electron chi connectivity index (χ1n) is 20.1. The van der Waals surface area contributed by atoms with Gasteiger partial charge in [-0.25, -0.2) is 4.98 Å². The molecule has 0 amide bonds. The van der Waals surface area contributed by atoms with Gasteiger partial charge in [0.15, 0.2) is 0 Å². The Bertz CT molecular complexity index is 3090. The Kier molecular flexibility index (Phi) is 7.38. The van der Waals surface area contributed by atoms with Crippen LogP contribution in [0.4, 0.5) is 0 Å². The Labute approximate surface area is 343 Å². The summed E-state index contributed by atoms with van der Waals surface area (Å²) in [6.45, 7) is 13.9. The molecule has 58 heavy (non-hydrogen) atoms. The summed E-state index contributed by atoms with van der Waals surface area (Å²) in [7, 11) is 2.10. The Balaban J connectivity index is 1.17. The van der Waals surface area contributed by atoms with Crippen LogP contribution in [0.15, 0.2) is 149 Å². The quantitative estimate of drug-likeness (QED) is 0.133. The van der Waals surface area contributed by atoms with E-state index in [-0.39, 0.29) is 10.8 Å². The number of rotatable bonds is 3. The smallest absolute Gasteiger partial charge is 0.244 e. The fourth-order valence-electron chi connectivity index (χ4n) is 9.47. The van der Waals surface area contributed by atoms with Crippen molar-refractivity contribution < 1.29 is 9.30 Å². The summed E-state index contributed by atoms with van der Waals surface area (Å²) in [6.07, 6.45) is 5.56. The van der Waals surface area contributed by atoms with Gasteiger partial charge in [-0.1, -0.05) is 126 Å². The van der Waals surface area contributed by atoms with Crippen molar-refractivity contribution in [1.29, 1.82) is 0 Å². The highest BCUT2D eigenvalue weighted by Gasteiger charge is 2.49. The Morgan fingerprint density at radius 2 is 1.29 bits per heavy atom. The number of aromatic nitrogens is 4. The molecule has 1 spiro atoms. The number of fused-ring (bicyclic) bond motifs is 11. The summed E-state index contributed by atoms with van der Waals surface area (Å²) in [4.78, 5) is 7.32. The minimum Gasteiger partial charge on any atom is -0.458 e. The molecular formula is C52H44N4OS. The molecule has 6 heteroatoms. The molecule has 2 aliphatic rings. The van der Waals surface area contributed by atoms with Gasteiger partial charge in [-0.05, 0) is 98.8 Å². The second-order valence-electron chi connectivity index (χ2n) is 17.9. The lowest BCUT2D eigenvalue weighted by molar-refractivity contribution is -0.649. The van der Waals surface area contributed by atoms with E-state index in [9.17, 15) is 0 Å². The number of hydrogen-bond acceptors (Lipinski definition) is 3. The molecule has 6 aromatic carbocycles. The molecule has 0 saturated carbocycles. The molecule has 0 bridgehead atoms. The molecule has 0 radical (unpaired) electrons. The van der Waals surface area contributed by atoms with Crippen LogP contribution in [0.25, 0.3) is 44.3 Å². The number of ether oxygens (including phenoxy) is 1. The van der Waals surface area contributed by atoms with Crippen molar-refractivity contribution in [1.82, 2.24) is 14.1 Å². The highest BCUT2D eigenvalue weighted by molar-refractivity contribution is 7.99. The SMILES string of the molecule is C[n+]1[c-]n2c3c(cccc31)C1(c3cc(C(C)(C)C)ccc3Sc3ccc(C(C)(C)C)cc31)c1ccc(Oc3ccc4c5ccccc5n(-c5ccccn5)c4c3)cc1-2. The summed E-state index contributed by atoms with van der Waals surface area (Å²) >= 11 is 1.90. The number of nitrogens with zero attached hydrogens (tertiary/aromatic N) is 4. The molecule has 3 aromatic heterocycles. The van der Waals surface area contributed by atoms with Gasteiger partial charge >= 0.3 is 0 Å². The molecule has 0 atom stereocenters. The van der Waals surface area contributed by atoms with Gasteiger partial charge in [0.25, 0.3) is 0 Å². The second kappa shape index (κ2) is 12.2. The van der Waals surface area contributed by atoms with Gasteiger partial charge in [-0.3, -0.25) is 4.57 Å². The first-order chi connectivity index (χ1) is 27.9. The number of hydrogen-bond donors (Lipinski definition) is 0. The van der Waals surface area contributed by atoms with Gasteiger partial charge in [0.2, 0.25) is 6.33 Å². The zero-order valence-electron chi connectivity index (χ0n) is 33.9. The van der Waals surface area contributed by atoms with Crippen LogP contribution in [0.5, 0.6) is 11.5 Å². The van der Waals surface area contributed by atoms with Crippen molar-refractivity contribution >= 4 is 44.6 Å². The number of pyridine rings is 1. The minimum absolute atomic E-state index is 0.0283. The van der Waals surface area contributed by atoms with Crippen molar-refractivity contribution in [3.8, 4) is 23.0 Å². The molecular weight excluding hydrogens is 729 g/mol. The third kappa shape index (κ3) is 4.97. The van der Waals surface area contributed by atoms with Crippen molar-refractivity contribution in [2.75, 3.05) is 0 Å². The molecule has 0 fully saturated rings. The van der Waals surface area contributed by atoms with E-state index < -0.39 is 5.41 Å². The maximum Gasteiger partial charge on any atom is 0.244 e. The van der Waals surface area contributed by atoms with Gasteiger partial charge in [0.1, 0.15) is 17.3 Å². The molecule has 284 valence electrons. The largest absolute Gasteiger partial charge is 0.458 e. The fourth-order valence-corrected chi connectivity index (χ4v) is 10.6. The van der Waals surface area contributed by atoms with Crippen LogP contribution in [-0.2, 0) is 23.3 Å². The molecule has 0 aliphatic carbocycles. The summed E-state index contributed by atoms with van der Waals surface area (Å²) in [5, 5.41) is 2.34. The normalized spacial score (nSPS) is 14.2. The first kappa shape index (κ1) is 35.1. The number of para-hydroxylation sites is 2. The van der Waals surface area contributed by atoms with E-state index in [1.165, 1.54) is 54.1 Å². The van der Waals surface area contributed by atoms with Crippen molar-refractivity contribution in [3.05, 3.63) is 179 Å². The highest BCUT2D eigenvalue weighted by atomic mass is 32.2. The van der Waals surface area contributed by atoms with E-state index in [2.05, 4.69) is 190 Å². The lowest BCUT2D eigenvalue weighted by Gasteiger charge is -2.47. The average molecular weight is 773 g/mol. The molecule has 0 saturated heterocycles. The monoisotopic (exact) mass is 772 g/mol. The molecule has 11 rings (SSSR count). The summed E-state index contributed by atoms with van der Waals surface area (Å²) in [5.41, 5.74) is 12.7. The maximum atomic E-state index is 6.90. The second-order valence-corrected chi connectivity index (χ2v) is 19.0. The van der Waals surface area contributed by atoms with Crippen LogP contribution in [0.1, 0.15) is 74.9 Å². The van der Waals surface area contributed by atoms with Gasteiger partial charge in [-0.15, -0.1) is 0 Å². The number of imidazole rings is 1. The lowest BCUT2D eigenvalue weighted by Crippen LogP contribution is -2.38. The molecule has 5 nitrogen and oxygen atoms in total. The summed E-state index contributed by atoms with van der Waals surface area (Å²) in [6, 6.07) is 48.9. The highest BCUT2D eigenvalue weighted by Crippen LogP contribution is 2.60. The zero-order chi connectivity index (χ0) is 39.7. The van der Waals surface area contributed by atoms with Crippen LogP contribution in [0.3, 0.4) is 0 Å². The Hall–Kier alpha value is -6.11. The van der Waals surface area contributed by atoms with Gasteiger partial charge < -0.3 is 13.9 Å². The van der Waals surface area contributed by atoms with Gasteiger partial charge in [0.05, 0.1) is 40.2 Å².